The quantitative estimate of drug-likeness (QED) is 0.225. The smallest absolute Gasteiger partial charge is 0.266 e. The summed E-state index contributed by atoms with van der Waals surface area (Å²) in [6.45, 7) is 4.09. The minimum absolute atomic E-state index is 0.205. The van der Waals surface area contributed by atoms with E-state index in [2.05, 4.69) is 0 Å². The Morgan fingerprint density at radius 3 is 2.38 bits per heavy atom. The highest BCUT2D eigenvalue weighted by molar-refractivity contribution is 7.89. The largest absolute Gasteiger partial charge is 0.495 e. The second kappa shape index (κ2) is 11.0. The van der Waals surface area contributed by atoms with Crippen LogP contribution in [0.4, 0.5) is 0 Å². The number of methoxy groups -OCH3 is 1. The van der Waals surface area contributed by atoms with Gasteiger partial charge in [-0.1, -0.05) is 67.9 Å². The predicted molar refractivity (Wildman–Crippen MR) is 155 cm³/mol. The minimum atomic E-state index is -3.95. The SMILES string of the molecule is CCCCN(C(C)c1nc2ccccc2c(=O)n1-c1ccccc1OC)S(=O)(=O)c1ccc2ccccc2c1. The molecule has 0 N–H and O–H groups in total. The average Bonchev–Trinajstić information content (AvgIpc) is 2.96. The van der Waals surface area contributed by atoms with Crippen LogP contribution in [0.3, 0.4) is 0 Å². The van der Waals surface area contributed by atoms with E-state index in [-0.39, 0.29) is 17.0 Å². The summed E-state index contributed by atoms with van der Waals surface area (Å²) in [7, 11) is -2.41. The molecule has 1 unspecified atom stereocenters. The van der Waals surface area contributed by atoms with Crippen LogP contribution in [0.2, 0.25) is 0 Å². The molecule has 1 atom stereocenters. The van der Waals surface area contributed by atoms with Crippen molar-refractivity contribution in [2.45, 2.75) is 37.6 Å². The summed E-state index contributed by atoms with van der Waals surface area (Å²) in [6, 6.07) is 26.4. The van der Waals surface area contributed by atoms with Gasteiger partial charge >= 0.3 is 0 Å². The fraction of sp³-hybridized carbons (Fsp3) is 0.226. The fourth-order valence-corrected chi connectivity index (χ4v) is 6.57. The van der Waals surface area contributed by atoms with Crippen molar-refractivity contribution < 1.29 is 13.2 Å². The number of hydrogen-bond acceptors (Lipinski definition) is 5. The van der Waals surface area contributed by atoms with Gasteiger partial charge in [-0.3, -0.25) is 9.36 Å². The van der Waals surface area contributed by atoms with Gasteiger partial charge in [-0.2, -0.15) is 4.31 Å². The molecular weight excluding hydrogens is 510 g/mol. The van der Waals surface area contributed by atoms with Gasteiger partial charge in [0.05, 0.1) is 34.6 Å². The van der Waals surface area contributed by atoms with E-state index in [1.54, 1.807) is 56.5 Å². The van der Waals surface area contributed by atoms with Gasteiger partial charge in [0.2, 0.25) is 10.0 Å². The van der Waals surface area contributed by atoms with Crippen molar-refractivity contribution in [3.8, 4) is 11.4 Å². The molecule has 0 radical (unpaired) electrons. The number of unbranched alkanes of at least 4 members (excludes halogenated alkanes) is 1. The Bertz CT molecular complexity index is 1810. The molecule has 200 valence electrons. The third-order valence-corrected chi connectivity index (χ3v) is 8.96. The van der Waals surface area contributed by atoms with Gasteiger partial charge in [-0.15, -0.1) is 0 Å². The minimum Gasteiger partial charge on any atom is -0.495 e. The summed E-state index contributed by atoms with van der Waals surface area (Å²) < 4.78 is 36.9. The van der Waals surface area contributed by atoms with Gasteiger partial charge in [-0.05, 0) is 60.5 Å². The number of ether oxygens (including phenoxy) is 1. The first-order chi connectivity index (χ1) is 18.9. The molecule has 1 heterocycles. The van der Waals surface area contributed by atoms with Crippen LogP contribution in [0.15, 0.2) is 101 Å². The molecule has 0 aliphatic carbocycles. The van der Waals surface area contributed by atoms with Crippen LogP contribution >= 0.6 is 0 Å². The third-order valence-electron chi connectivity index (χ3n) is 6.99. The Kier molecular flexibility index (Phi) is 7.50. The first-order valence-corrected chi connectivity index (χ1v) is 14.5. The molecule has 8 heteroatoms. The number of hydrogen-bond donors (Lipinski definition) is 0. The zero-order chi connectivity index (χ0) is 27.6. The molecule has 0 spiro atoms. The van der Waals surface area contributed by atoms with Crippen LogP contribution in [0.1, 0.15) is 38.6 Å². The Labute approximate surface area is 228 Å². The predicted octanol–water partition coefficient (Wildman–Crippen LogP) is 6.10. The lowest BCUT2D eigenvalue weighted by atomic mass is 10.1. The summed E-state index contributed by atoms with van der Waals surface area (Å²) in [4.78, 5) is 19.0. The zero-order valence-electron chi connectivity index (χ0n) is 22.2. The summed E-state index contributed by atoms with van der Waals surface area (Å²) in [5.41, 5.74) is 0.725. The molecule has 4 aromatic carbocycles. The number of nitrogens with zero attached hydrogens (tertiary/aromatic N) is 3. The standard InChI is InChI=1S/C31H31N3O4S/c1-4-5-20-33(39(36,37)25-19-18-23-12-6-7-13-24(23)21-25)22(2)30-32-27-15-9-8-14-26(27)31(35)34(30)28-16-10-11-17-29(28)38-3/h6-19,21-22H,4-5,20H2,1-3H3. The topological polar surface area (TPSA) is 81.5 Å². The van der Waals surface area contributed by atoms with Crippen LogP contribution < -0.4 is 10.3 Å². The molecule has 0 bridgehead atoms. The normalized spacial score (nSPS) is 12.7. The molecule has 5 rings (SSSR count). The second-order valence-corrected chi connectivity index (χ2v) is 11.3. The lowest BCUT2D eigenvalue weighted by Gasteiger charge is -2.30. The van der Waals surface area contributed by atoms with Crippen LogP contribution in [0, 0.1) is 0 Å². The fourth-order valence-electron chi connectivity index (χ4n) is 4.91. The van der Waals surface area contributed by atoms with Crippen molar-refractivity contribution in [3.63, 3.8) is 0 Å². The van der Waals surface area contributed by atoms with Crippen LogP contribution in [-0.4, -0.2) is 35.9 Å². The van der Waals surface area contributed by atoms with Crippen molar-refractivity contribution in [1.29, 1.82) is 0 Å². The van der Waals surface area contributed by atoms with Crippen LogP contribution in [0.5, 0.6) is 5.75 Å². The average molecular weight is 542 g/mol. The molecule has 1 aromatic heterocycles. The molecule has 39 heavy (non-hydrogen) atoms. The number of rotatable bonds is 9. The second-order valence-electron chi connectivity index (χ2n) is 9.45. The first-order valence-electron chi connectivity index (χ1n) is 13.0. The van der Waals surface area contributed by atoms with Crippen molar-refractivity contribution in [2.24, 2.45) is 0 Å². The Morgan fingerprint density at radius 2 is 1.62 bits per heavy atom. The van der Waals surface area contributed by atoms with E-state index in [9.17, 15) is 13.2 Å². The van der Waals surface area contributed by atoms with Gasteiger partial charge in [0.25, 0.3) is 5.56 Å². The Balaban J connectivity index is 1.73. The van der Waals surface area contributed by atoms with E-state index in [4.69, 9.17) is 9.72 Å². The first kappa shape index (κ1) is 26.6. The van der Waals surface area contributed by atoms with Crippen LogP contribution in [0.25, 0.3) is 27.4 Å². The zero-order valence-corrected chi connectivity index (χ0v) is 23.1. The van der Waals surface area contributed by atoms with Gasteiger partial charge < -0.3 is 4.74 Å². The van der Waals surface area contributed by atoms with Crippen LogP contribution in [-0.2, 0) is 10.0 Å². The van der Waals surface area contributed by atoms with E-state index in [1.165, 1.54) is 8.87 Å². The molecule has 0 amide bonds. The van der Waals surface area contributed by atoms with Crippen molar-refractivity contribution >= 4 is 31.7 Å². The summed E-state index contributed by atoms with van der Waals surface area (Å²) in [5.74, 6) is 0.811. The van der Waals surface area contributed by atoms with Crippen molar-refractivity contribution in [3.05, 3.63) is 107 Å². The lowest BCUT2D eigenvalue weighted by Crippen LogP contribution is -2.38. The highest BCUT2D eigenvalue weighted by Crippen LogP contribution is 2.32. The van der Waals surface area contributed by atoms with Gasteiger partial charge in [0, 0.05) is 6.54 Å². The maximum absolute atomic E-state index is 14.2. The monoisotopic (exact) mass is 541 g/mol. The number of benzene rings is 4. The third kappa shape index (κ3) is 4.93. The van der Waals surface area contributed by atoms with E-state index >= 15 is 0 Å². The van der Waals surface area contributed by atoms with E-state index < -0.39 is 16.1 Å². The van der Waals surface area contributed by atoms with Crippen molar-refractivity contribution in [1.82, 2.24) is 13.9 Å². The molecule has 0 aliphatic heterocycles. The molecule has 0 saturated carbocycles. The van der Waals surface area contributed by atoms with Crippen molar-refractivity contribution in [2.75, 3.05) is 13.7 Å². The lowest BCUT2D eigenvalue weighted by molar-refractivity contribution is 0.321. The summed E-state index contributed by atoms with van der Waals surface area (Å²) >= 11 is 0. The molecule has 7 nitrogen and oxygen atoms in total. The highest BCUT2D eigenvalue weighted by Gasteiger charge is 2.33. The number of para-hydroxylation sites is 3. The number of fused-ring (bicyclic) bond motifs is 2. The molecule has 5 aromatic rings. The molecule has 0 aliphatic rings. The van der Waals surface area contributed by atoms with E-state index in [1.807, 2.05) is 55.5 Å². The Hall–Kier alpha value is -4.01. The van der Waals surface area contributed by atoms with E-state index in [0.29, 0.717) is 34.6 Å². The highest BCUT2D eigenvalue weighted by atomic mass is 32.2. The number of sulfonamides is 1. The number of aromatic nitrogens is 2. The summed E-state index contributed by atoms with van der Waals surface area (Å²) in [5, 5.41) is 2.25. The molecular formula is C31H31N3O4S. The van der Waals surface area contributed by atoms with Gasteiger partial charge in [-0.25, -0.2) is 13.4 Å². The summed E-state index contributed by atoms with van der Waals surface area (Å²) in [6.07, 6.45) is 1.46. The van der Waals surface area contributed by atoms with E-state index in [0.717, 1.165) is 17.2 Å². The Morgan fingerprint density at radius 1 is 0.923 bits per heavy atom. The molecule has 0 fully saturated rings. The maximum atomic E-state index is 14.2. The maximum Gasteiger partial charge on any atom is 0.266 e. The van der Waals surface area contributed by atoms with Gasteiger partial charge in [0.15, 0.2) is 0 Å². The van der Waals surface area contributed by atoms with Gasteiger partial charge in [0.1, 0.15) is 11.6 Å². The molecule has 0 saturated heterocycles.